The van der Waals surface area contributed by atoms with E-state index in [0.717, 1.165) is 38.2 Å². The van der Waals surface area contributed by atoms with Gasteiger partial charge in [-0.25, -0.2) is 4.79 Å². The highest BCUT2D eigenvalue weighted by atomic mass is 16.2. The molecule has 0 aromatic carbocycles. The van der Waals surface area contributed by atoms with Crippen LogP contribution >= 0.6 is 0 Å². The number of H-pyrrole nitrogens is 1. The Morgan fingerprint density at radius 3 is 3.00 bits per heavy atom. The van der Waals surface area contributed by atoms with E-state index in [2.05, 4.69) is 28.2 Å². The zero-order chi connectivity index (χ0) is 15.4. The van der Waals surface area contributed by atoms with Crippen molar-refractivity contribution in [3.63, 3.8) is 0 Å². The number of piperidine rings is 1. The van der Waals surface area contributed by atoms with Crippen LogP contribution in [0.1, 0.15) is 50.8 Å². The molecule has 0 bridgehead atoms. The van der Waals surface area contributed by atoms with Crippen molar-refractivity contribution in [2.24, 2.45) is 0 Å². The number of rotatable bonds is 4. The molecule has 1 aromatic rings. The first-order chi connectivity index (χ1) is 10.8. The van der Waals surface area contributed by atoms with Crippen LogP contribution in [0.25, 0.3) is 0 Å². The Labute approximate surface area is 133 Å². The van der Waals surface area contributed by atoms with E-state index in [1.54, 1.807) is 0 Å². The number of amides is 2. The SMILES string of the molecule is C[C@H]1CCCCN1CCNC(=O)N1CCC[C@@H]1c1ccc[nH]1. The summed E-state index contributed by atoms with van der Waals surface area (Å²) in [6.45, 7) is 6.04. The maximum Gasteiger partial charge on any atom is 0.318 e. The van der Waals surface area contributed by atoms with Crippen molar-refractivity contribution in [1.82, 2.24) is 20.1 Å². The lowest BCUT2D eigenvalue weighted by Gasteiger charge is -2.33. The average Bonchev–Trinajstić information content (AvgIpc) is 3.19. The van der Waals surface area contributed by atoms with Crippen molar-refractivity contribution in [3.8, 4) is 0 Å². The van der Waals surface area contributed by atoms with Crippen LogP contribution in [0.3, 0.4) is 0 Å². The lowest BCUT2D eigenvalue weighted by molar-refractivity contribution is 0.157. The van der Waals surface area contributed by atoms with Gasteiger partial charge >= 0.3 is 6.03 Å². The maximum atomic E-state index is 12.5. The molecule has 0 unspecified atom stereocenters. The summed E-state index contributed by atoms with van der Waals surface area (Å²) in [5, 5.41) is 3.12. The molecule has 0 aliphatic carbocycles. The molecule has 2 atom stereocenters. The van der Waals surface area contributed by atoms with Gasteiger partial charge in [0, 0.05) is 37.6 Å². The summed E-state index contributed by atoms with van der Waals surface area (Å²) in [4.78, 5) is 20.2. The molecule has 5 nitrogen and oxygen atoms in total. The first-order valence-corrected chi connectivity index (χ1v) is 8.67. The van der Waals surface area contributed by atoms with Gasteiger partial charge in [0.1, 0.15) is 0 Å². The molecule has 0 radical (unpaired) electrons. The zero-order valence-electron chi connectivity index (χ0n) is 13.6. The molecule has 122 valence electrons. The van der Waals surface area contributed by atoms with Crippen molar-refractivity contribution in [2.75, 3.05) is 26.2 Å². The lowest BCUT2D eigenvalue weighted by atomic mass is 10.0. The van der Waals surface area contributed by atoms with E-state index in [1.807, 2.05) is 17.2 Å². The number of carbonyl (C=O) groups is 1. The highest BCUT2D eigenvalue weighted by Crippen LogP contribution is 2.30. The van der Waals surface area contributed by atoms with Crippen LogP contribution in [0.4, 0.5) is 4.79 Å². The van der Waals surface area contributed by atoms with Crippen LogP contribution in [0.15, 0.2) is 18.3 Å². The number of nitrogens with one attached hydrogen (secondary N) is 2. The summed E-state index contributed by atoms with van der Waals surface area (Å²) in [6, 6.07) is 5.03. The van der Waals surface area contributed by atoms with Gasteiger partial charge in [-0.15, -0.1) is 0 Å². The van der Waals surface area contributed by atoms with Crippen LogP contribution in [-0.4, -0.2) is 53.0 Å². The fourth-order valence-electron chi connectivity index (χ4n) is 3.78. The Morgan fingerprint density at radius 1 is 1.32 bits per heavy atom. The molecular formula is C17H28N4O. The fraction of sp³-hybridized carbons (Fsp3) is 0.706. The molecule has 2 aliphatic rings. The van der Waals surface area contributed by atoms with Crippen LogP contribution < -0.4 is 5.32 Å². The molecule has 0 saturated carbocycles. The van der Waals surface area contributed by atoms with E-state index in [1.165, 1.54) is 25.8 Å². The lowest BCUT2D eigenvalue weighted by Crippen LogP contribution is -2.45. The van der Waals surface area contributed by atoms with E-state index >= 15 is 0 Å². The van der Waals surface area contributed by atoms with Crippen molar-refractivity contribution in [2.45, 2.75) is 51.1 Å². The standard InChI is InChI=1S/C17H28N4O/c1-14-6-2-3-11-20(14)13-10-19-17(22)21-12-5-8-16(21)15-7-4-9-18-15/h4,7,9,14,16,18H,2-3,5-6,8,10-13H2,1H3,(H,19,22)/t14-,16+/m0/s1. The topological polar surface area (TPSA) is 51.4 Å². The number of aromatic nitrogens is 1. The Bertz CT molecular complexity index is 473. The zero-order valence-corrected chi connectivity index (χ0v) is 13.6. The average molecular weight is 304 g/mol. The van der Waals surface area contributed by atoms with E-state index in [4.69, 9.17) is 0 Å². The van der Waals surface area contributed by atoms with E-state index < -0.39 is 0 Å². The minimum Gasteiger partial charge on any atom is -0.363 e. The van der Waals surface area contributed by atoms with Crippen molar-refractivity contribution in [3.05, 3.63) is 24.0 Å². The Balaban J connectivity index is 1.47. The molecule has 3 heterocycles. The van der Waals surface area contributed by atoms with Crippen molar-refractivity contribution in [1.29, 1.82) is 0 Å². The van der Waals surface area contributed by atoms with Gasteiger partial charge in [-0.3, -0.25) is 4.90 Å². The van der Waals surface area contributed by atoms with Gasteiger partial charge in [0.15, 0.2) is 0 Å². The molecule has 2 fully saturated rings. The summed E-state index contributed by atoms with van der Waals surface area (Å²) in [6.07, 6.45) is 7.99. The van der Waals surface area contributed by atoms with Crippen LogP contribution in [0.2, 0.25) is 0 Å². The highest BCUT2D eigenvalue weighted by Gasteiger charge is 2.30. The summed E-state index contributed by atoms with van der Waals surface area (Å²) in [5.74, 6) is 0. The second-order valence-corrected chi connectivity index (χ2v) is 6.59. The monoisotopic (exact) mass is 304 g/mol. The van der Waals surface area contributed by atoms with Gasteiger partial charge in [-0.05, 0) is 51.3 Å². The van der Waals surface area contributed by atoms with Gasteiger partial charge in [-0.2, -0.15) is 0 Å². The number of hydrogen-bond donors (Lipinski definition) is 2. The minimum atomic E-state index is 0.0850. The molecule has 0 spiro atoms. The molecule has 2 aliphatic heterocycles. The highest BCUT2D eigenvalue weighted by molar-refractivity contribution is 5.75. The van der Waals surface area contributed by atoms with Gasteiger partial charge in [0.2, 0.25) is 0 Å². The number of nitrogens with zero attached hydrogens (tertiary/aromatic N) is 2. The summed E-state index contributed by atoms with van der Waals surface area (Å²) in [5.41, 5.74) is 1.15. The number of carbonyl (C=O) groups excluding carboxylic acids is 1. The smallest absolute Gasteiger partial charge is 0.318 e. The molecule has 2 amide bonds. The molecule has 5 heteroatoms. The summed E-state index contributed by atoms with van der Waals surface area (Å²) < 4.78 is 0. The Hall–Kier alpha value is -1.49. The van der Waals surface area contributed by atoms with Crippen molar-refractivity contribution >= 4 is 6.03 Å². The van der Waals surface area contributed by atoms with Crippen LogP contribution in [0, 0.1) is 0 Å². The second kappa shape index (κ2) is 7.18. The van der Waals surface area contributed by atoms with Gasteiger partial charge in [0.05, 0.1) is 6.04 Å². The molecule has 3 rings (SSSR count). The van der Waals surface area contributed by atoms with E-state index in [9.17, 15) is 4.79 Å². The van der Waals surface area contributed by atoms with Crippen LogP contribution in [0.5, 0.6) is 0 Å². The summed E-state index contributed by atoms with van der Waals surface area (Å²) in [7, 11) is 0. The largest absolute Gasteiger partial charge is 0.363 e. The Morgan fingerprint density at radius 2 is 2.23 bits per heavy atom. The van der Waals surface area contributed by atoms with E-state index in [-0.39, 0.29) is 12.1 Å². The third kappa shape index (κ3) is 3.46. The van der Waals surface area contributed by atoms with Gasteiger partial charge in [0.25, 0.3) is 0 Å². The normalized spacial score (nSPS) is 26.3. The fourth-order valence-corrected chi connectivity index (χ4v) is 3.78. The number of likely N-dealkylation sites (tertiary alicyclic amines) is 2. The third-order valence-corrected chi connectivity index (χ3v) is 5.11. The first-order valence-electron chi connectivity index (χ1n) is 8.67. The van der Waals surface area contributed by atoms with E-state index in [0.29, 0.717) is 6.04 Å². The number of aromatic amines is 1. The van der Waals surface area contributed by atoms with Gasteiger partial charge in [-0.1, -0.05) is 6.42 Å². The van der Waals surface area contributed by atoms with Crippen LogP contribution in [-0.2, 0) is 0 Å². The molecule has 22 heavy (non-hydrogen) atoms. The van der Waals surface area contributed by atoms with Gasteiger partial charge < -0.3 is 15.2 Å². The first kappa shape index (κ1) is 15.4. The quantitative estimate of drug-likeness (QED) is 0.898. The maximum absolute atomic E-state index is 12.5. The predicted octanol–water partition coefficient (Wildman–Crippen LogP) is 2.74. The summed E-state index contributed by atoms with van der Waals surface area (Å²) >= 11 is 0. The molecule has 1 aromatic heterocycles. The molecule has 2 N–H and O–H groups in total. The molecular weight excluding hydrogens is 276 g/mol. The number of urea groups is 1. The van der Waals surface area contributed by atoms with Crippen molar-refractivity contribution < 1.29 is 4.79 Å². The second-order valence-electron chi connectivity index (χ2n) is 6.59. The third-order valence-electron chi connectivity index (χ3n) is 5.11. The predicted molar refractivity (Wildman–Crippen MR) is 87.8 cm³/mol. The molecule has 2 saturated heterocycles. The number of hydrogen-bond acceptors (Lipinski definition) is 2. The Kier molecular flexibility index (Phi) is 5.03. The minimum absolute atomic E-state index is 0.0850.